The molecule has 0 fully saturated rings. The van der Waals surface area contributed by atoms with Crippen LogP contribution in [0, 0.1) is 13.8 Å². The van der Waals surface area contributed by atoms with Gasteiger partial charge in [0.05, 0.1) is 14.2 Å². The summed E-state index contributed by atoms with van der Waals surface area (Å²) in [4.78, 5) is 0. The fourth-order valence-corrected chi connectivity index (χ4v) is 3.77. The summed E-state index contributed by atoms with van der Waals surface area (Å²) in [6.45, 7) is 4.22. The molecule has 0 spiro atoms. The van der Waals surface area contributed by atoms with Crippen molar-refractivity contribution in [2.45, 2.75) is 13.8 Å². The molecule has 0 bridgehead atoms. The molecule has 0 atom stereocenters. The molecule has 0 amide bonds. The molecule has 3 aromatic rings. The van der Waals surface area contributed by atoms with Gasteiger partial charge in [0, 0.05) is 23.3 Å². The van der Waals surface area contributed by atoms with Gasteiger partial charge in [-0.2, -0.15) is 0 Å². The summed E-state index contributed by atoms with van der Waals surface area (Å²) in [6.07, 6.45) is 8.39. The van der Waals surface area contributed by atoms with Gasteiger partial charge < -0.3 is 14.2 Å². The summed E-state index contributed by atoms with van der Waals surface area (Å²) in [5.41, 5.74) is 6.68. The lowest BCUT2D eigenvalue weighted by molar-refractivity contribution is -0.671. The number of hydrogen-bond donors (Lipinski definition) is 0. The monoisotopic (exact) mass is 400 g/mol. The maximum atomic E-state index is 6.36. The molecule has 4 nitrogen and oxygen atoms in total. The van der Waals surface area contributed by atoms with Crippen molar-refractivity contribution in [3.8, 4) is 17.2 Å². The highest BCUT2D eigenvalue weighted by molar-refractivity contribution is 5.97. The standard InChI is InChI=1S/C26H26NO3/c1-17-12-18(2)26-21(14-19-8-10-27(3)11-9-19)16-23(30-25(26)13-17)20-6-7-22(28-4)24(15-20)29-5/h6-16H,1-5H3/q+1. The van der Waals surface area contributed by atoms with Crippen molar-refractivity contribution in [3.63, 3.8) is 0 Å². The molecule has 0 radical (unpaired) electrons. The van der Waals surface area contributed by atoms with Crippen LogP contribution < -0.4 is 18.8 Å². The molecule has 0 saturated heterocycles. The van der Waals surface area contributed by atoms with E-state index in [0.29, 0.717) is 11.5 Å². The largest absolute Gasteiger partial charge is 0.493 e. The van der Waals surface area contributed by atoms with E-state index in [1.807, 2.05) is 42.2 Å². The van der Waals surface area contributed by atoms with Crippen LogP contribution in [0.5, 0.6) is 17.2 Å². The number of nitrogens with zero attached hydrogens (tertiary/aromatic N) is 1. The van der Waals surface area contributed by atoms with Gasteiger partial charge >= 0.3 is 0 Å². The van der Waals surface area contributed by atoms with Crippen LogP contribution >= 0.6 is 0 Å². The summed E-state index contributed by atoms with van der Waals surface area (Å²) in [5.74, 6) is 3.01. The zero-order chi connectivity index (χ0) is 21.3. The van der Waals surface area contributed by atoms with E-state index in [1.165, 1.54) is 11.1 Å². The van der Waals surface area contributed by atoms with E-state index < -0.39 is 0 Å². The molecule has 4 rings (SSSR count). The first-order chi connectivity index (χ1) is 14.5. The quantitative estimate of drug-likeness (QED) is 0.570. The maximum Gasteiger partial charge on any atom is 0.169 e. The molecule has 0 N–H and O–H groups in total. The van der Waals surface area contributed by atoms with Crippen LogP contribution in [0.3, 0.4) is 0 Å². The smallest absolute Gasteiger partial charge is 0.169 e. The van der Waals surface area contributed by atoms with E-state index in [1.54, 1.807) is 14.2 Å². The van der Waals surface area contributed by atoms with Crippen molar-refractivity contribution in [3.05, 3.63) is 88.8 Å². The Morgan fingerprint density at radius 2 is 1.63 bits per heavy atom. The first-order valence-corrected chi connectivity index (χ1v) is 9.89. The van der Waals surface area contributed by atoms with Gasteiger partial charge in [-0.05, 0) is 72.5 Å². The Kier molecular flexibility index (Phi) is 5.32. The van der Waals surface area contributed by atoms with Gasteiger partial charge in [-0.1, -0.05) is 6.07 Å². The van der Waals surface area contributed by atoms with Gasteiger partial charge in [0.1, 0.15) is 18.6 Å². The zero-order valence-electron chi connectivity index (χ0n) is 18.0. The topological polar surface area (TPSA) is 31.6 Å². The van der Waals surface area contributed by atoms with Crippen LogP contribution in [0.4, 0.5) is 0 Å². The summed E-state index contributed by atoms with van der Waals surface area (Å²) in [5, 5.41) is 0. The molecular formula is C26H26NO3+. The fourth-order valence-electron chi connectivity index (χ4n) is 3.77. The van der Waals surface area contributed by atoms with Crippen LogP contribution in [0.1, 0.15) is 27.8 Å². The minimum Gasteiger partial charge on any atom is -0.493 e. The van der Waals surface area contributed by atoms with E-state index in [4.69, 9.17) is 14.2 Å². The van der Waals surface area contributed by atoms with E-state index in [9.17, 15) is 0 Å². The van der Waals surface area contributed by atoms with Crippen molar-refractivity contribution in [1.29, 1.82) is 0 Å². The average Bonchev–Trinajstić information content (AvgIpc) is 2.74. The number of benzene rings is 2. The third kappa shape index (κ3) is 3.81. The molecule has 152 valence electrons. The number of hydrogen-bond acceptors (Lipinski definition) is 3. The molecule has 1 aromatic heterocycles. The minimum absolute atomic E-state index is 0.673. The lowest BCUT2D eigenvalue weighted by Gasteiger charge is -2.23. The number of methoxy groups -OCH3 is 2. The molecular weight excluding hydrogens is 374 g/mol. The van der Waals surface area contributed by atoms with Crippen LogP contribution in [0.25, 0.3) is 17.4 Å². The molecule has 4 heteroatoms. The predicted molar refractivity (Wildman–Crippen MR) is 120 cm³/mol. The van der Waals surface area contributed by atoms with E-state index in [2.05, 4.69) is 50.3 Å². The number of ether oxygens (including phenoxy) is 3. The van der Waals surface area contributed by atoms with Crippen LogP contribution in [-0.4, -0.2) is 14.2 Å². The summed E-state index contributed by atoms with van der Waals surface area (Å²) >= 11 is 0. The molecule has 1 aliphatic rings. The SMILES string of the molecule is COc1ccc(C2=CC(=Cc3cc[n+](C)cc3)c3c(C)cc(C)cc3O2)cc1OC. The van der Waals surface area contributed by atoms with Crippen molar-refractivity contribution >= 4 is 17.4 Å². The van der Waals surface area contributed by atoms with Gasteiger partial charge in [0.2, 0.25) is 0 Å². The first kappa shape index (κ1) is 19.8. The van der Waals surface area contributed by atoms with Crippen LogP contribution in [0.15, 0.2) is 60.9 Å². The number of aromatic nitrogens is 1. The number of aryl methyl sites for hydroxylation is 3. The Morgan fingerprint density at radius 1 is 0.900 bits per heavy atom. The van der Waals surface area contributed by atoms with Crippen LogP contribution in [0.2, 0.25) is 0 Å². The second kappa shape index (κ2) is 8.07. The second-order valence-electron chi connectivity index (χ2n) is 7.53. The number of pyridine rings is 1. The first-order valence-electron chi connectivity index (χ1n) is 9.89. The van der Waals surface area contributed by atoms with Crippen molar-refractivity contribution in [1.82, 2.24) is 0 Å². The summed E-state index contributed by atoms with van der Waals surface area (Å²) < 4.78 is 19.2. The lowest BCUT2D eigenvalue weighted by Crippen LogP contribution is -2.25. The highest BCUT2D eigenvalue weighted by Crippen LogP contribution is 2.41. The van der Waals surface area contributed by atoms with E-state index in [0.717, 1.165) is 33.8 Å². The highest BCUT2D eigenvalue weighted by Gasteiger charge is 2.21. The normalized spacial score (nSPS) is 14.0. The third-order valence-corrected chi connectivity index (χ3v) is 5.23. The maximum absolute atomic E-state index is 6.36. The lowest BCUT2D eigenvalue weighted by atomic mass is 9.92. The highest BCUT2D eigenvalue weighted by atomic mass is 16.5. The van der Waals surface area contributed by atoms with Gasteiger partial charge in [-0.15, -0.1) is 0 Å². The Morgan fingerprint density at radius 3 is 2.33 bits per heavy atom. The van der Waals surface area contributed by atoms with Crippen molar-refractivity contribution in [2.75, 3.05) is 14.2 Å². The molecule has 1 aliphatic heterocycles. The Hall–Kier alpha value is -3.53. The Labute approximate surface area is 177 Å². The molecule has 2 aromatic carbocycles. The zero-order valence-corrected chi connectivity index (χ0v) is 18.0. The number of allylic oxidation sites excluding steroid dienone is 2. The van der Waals surface area contributed by atoms with Gasteiger partial charge in [-0.25, -0.2) is 4.57 Å². The minimum atomic E-state index is 0.673. The van der Waals surface area contributed by atoms with Gasteiger partial charge in [-0.3, -0.25) is 0 Å². The average molecular weight is 400 g/mol. The van der Waals surface area contributed by atoms with E-state index >= 15 is 0 Å². The molecule has 0 aliphatic carbocycles. The van der Waals surface area contributed by atoms with Crippen LogP contribution in [-0.2, 0) is 7.05 Å². The van der Waals surface area contributed by atoms with Gasteiger partial charge in [0.15, 0.2) is 23.9 Å². The Balaban J connectivity index is 1.87. The number of fused-ring (bicyclic) bond motifs is 1. The Bertz CT molecular complexity index is 1160. The van der Waals surface area contributed by atoms with Gasteiger partial charge in [0.25, 0.3) is 0 Å². The molecule has 2 heterocycles. The van der Waals surface area contributed by atoms with E-state index in [-0.39, 0.29) is 0 Å². The second-order valence-corrected chi connectivity index (χ2v) is 7.53. The summed E-state index contributed by atoms with van der Waals surface area (Å²) in [6, 6.07) is 14.3. The fraction of sp³-hybridized carbons (Fsp3) is 0.192. The van der Waals surface area contributed by atoms with Crippen molar-refractivity contribution in [2.24, 2.45) is 7.05 Å². The molecule has 0 unspecified atom stereocenters. The third-order valence-electron chi connectivity index (χ3n) is 5.23. The predicted octanol–water partition coefficient (Wildman–Crippen LogP) is 5.12. The molecule has 30 heavy (non-hydrogen) atoms. The summed E-state index contributed by atoms with van der Waals surface area (Å²) in [7, 11) is 5.29. The number of rotatable bonds is 4. The van der Waals surface area contributed by atoms with Crippen molar-refractivity contribution < 1.29 is 18.8 Å². The molecule has 0 saturated carbocycles.